The van der Waals surface area contributed by atoms with Crippen molar-refractivity contribution in [1.82, 2.24) is 5.32 Å². The molecular formula is C25H47NO4. The zero-order valence-corrected chi connectivity index (χ0v) is 20.1. The van der Waals surface area contributed by atoms with Crippen molar-refractivity contribution >= 4 is 17.7 Å². The van der Waals surface area contributed by atoms with Gasteiger partial charge in [0.05, 0.1) is 7.11 Å². The summed E-state index contributed by atoms with van der Waals surface area (Å²) in [5.41, 5.74) is 0. The largest absolute Gasteiger partial charge is 0.469 e. The topological polar surface area (TPSA) is 72.5 Å². The molecule has 5 heteroatoms. The van der Waals surface area contributed by atoms with Crippen molar-refractivity contribution < 1.29 is 19.1 Å². The highest BCUT2D eigenvalue weighted by Gasteiger charge is 2.20. The smallest absolute Gasteiger partial charge is 0.305 e. The first kappa shape index (κ1) is 28.6. The Morgan fingerprint density at radius 1 is 0.767 bits per heavy atom. The van der Waals surface area contributed by atoms with Crippen molar-refractivity contribution in [2.24, 2.45) is 5.92 Å². The maximum Gasteiger partial charge on any atom is 0.305 e. The number of unbranched alkanes of at least 4 members (excludes halogenated alkanes) is 11. The number of carbonyl (C=O) groups is 3. The fraction of sp³-hybridized carbons (Fsp3) is 0.880. The molecule has 30 heavy (non-hydrogen) atoms. The van der Waals surface area contributed by atoms with Crippen LogP contribution in [0.25, 0.3) is 0 Å². The van der Waals surface area contributed by atoms with Crippen molar-refractivity contribution in [2.75, 3.05) is 7.11 Å². The molecule has 0 aliphatic carbocycles. The van der Waals surface area contributed by atoms with E-state index in [9.17, 15) is 14.4 Å². The first-order valence-corrected chi connectivity index (χ1v) is 12.3. The third kappa shape index (κ3) is 17.5. The first-order chi connectivity index (χ1) is 14.4. The number of hydrogen-bond acceptors (Lipinski definition) is 4. The lowest BCUT2D eigenvalue weighted by atomic mass is 9.99. The summed E-state index contributed by atoms with van der Waals surface area (Å²) < 4.78 is 4.67. The average Bonchev–Trinajstić information content (AvgIpc) is 2.71. The average molecular weight is 426 g/mol. The molecule has 1 atom stereocenters. The zero-order valence-electron chi connectivity index (χ0n) is 20.1. The lowest BCUT2D eigenvalue weighted by Gasteiger charge is -2.19. The molecule has 176 valence electrons. The molecule has 0 heterocycles. The third-order valence-corrected chi connectivity index (χ3v) is 5.53. The van der Waals surface area contributed by atoms with E-state index in [1.165, 1.54) is 64.9 Å². The highest BCUT2D eigenvalue weighted by atomic mass is 16.5. The Balaban J connectivity index is 3.84. The number of esters is 1. The predicted octanol–water partition coefficient (Wildman–Crippen LogP) is 6.13. The molecule has 1 N–H and O–H groups in total. The quantitative estimate of drug-likeness (QED) is 0.145. The van der Waals surface area contributed by atoms with Crippen molar-refractivity contribution in [3.63, 3.8) is 0 Å². The molecule has 0 fully saturated rings. The van der Waals surface area contributed by atoms with Crippen LogP contribution in [0, 0.1) is 5.92 Å². The number of rotatable bonds is 20. The Labute approximate surface area is 185 Å². The van der Waals surface area contributed by atoms with Gasteiger partial charge >= 0.3 is 5.97 Å². The molecule has 0 aromatic carbocycles. The highest BCUT2D eigenvalue weighted by molar-refractivity contribution is 6.36. The Morgan fingerprint density at radius 2 is 1.27 bits per heavy atom. The summed E-state index contributed by atoms with van der Waals surface area (Å²) in [5.74, 6) is -0.761. The molecule has 5 nitrogen and oxygen atoms in total. The maximum atomic E-state index is 12.2. The van der Waals surface area contributed by atoms with Crippen LogP contribution in [0.5, 0.6) is 0 Å². The molecule has 0 aromatic heterocycles. The van der Waals surface area contributed by atoms with Crippen LogP contribution in [-0.4, -0.2) is 30.8 Å². The molecular weight excluding hydrogens is 378 g/mol. The first-order valence-electron chi connectivity index (χ1n) is 12.3. The van der Waals surface area contributed by atoms with E-state index < -0.39 is 5.91 Å². The molecule has 0 saturated carbocycles. The molecule has 0 aliphatic rings. The molecule has 0 bridgehead atoms. The van der Waals surface area contributed by atoms with Crippen LogP contribution in [0.3, 0.4) is 0 Å². The lowest BCUT2D eigenvalue weighted by Crippen LogP contribution is -2.40. The number of amides is 1. The monoisotopic (exact) mass is 425 g/mol. The Bertz CT molecular complexity index is 462. The number of nitrogens with one attached hydrogen (secondary N) is 1. The van der Waals surface area contributed by atoms with E-state index in [1.54, 1.807) is 0 Å². The second kappa shape index (κ2) is 19.6. The molecule has 0 radical (unpaired) electrons. The van der Waals surface area contributed by atoms with Crippen LogP contribution >= 0.6 is 0 Å². The van der Waals surface area contributed by atoms with Gasteiger partial charge in [0.1, 0.15) is 0 Å². The van der Waals surface area contributed by atoms with Crippen molar-refractivity contribution in [1.29, 1.82) is 0 Å². The number of carbonyl (C=O) groups excluding carboxylic acids is 3. The number of ether oxygens (including phenoxy) is 1. The highest BCUT2D eigenvalue weighted by Crippen LogP contribution is 2.13. The Hall–Kier alpha value is -1.39. The summed E-state index contributed by atoms with van der Waals surface area (Å²) in [6.45, 7) is 6.37. The molecule has 0 spiro atoms. The SMILES string of the molecule is CCCCCCCCCCCCCCC(=O)C(=O)NC(CCC(=O)OC)CC(C)C. The van der Waals surface area contributed by atoms with E-state index in [-0.39, 0.29) is 24.2 Å². The van der Waals surface area contributed by atoms with Gasteiger partial charge in [0.25, 0.3) is 5.91 Å². The molecule has 1 amide bonds. The van der Waals surface area contributed by atoms with Crippen LogP contribution in [-0.2, 0) is 19.1 Å². The maximum absolute atomic E-state index is 12.2. The molecule has 1 unspecified atom stereocenters. The van der Waals surface area contributed by atoms with E-state index in [0.29, 0.717) is 18.8 Å². The minimum atomic E-state index is -0.506. The Kier molecular flexibility index (Phi) is 18.7. The van der Waals surface area contributed by atoms with Crippen LogP contribution in [0.2, 0.25) is 0 Å². The van der Waals surface area contributed by atoms with Gasteiger partial charge in [-0.1, -0.05) is 91.4 Å². The van der Waals surface area contributed by atoms with Crippen LogP contribution in [0.15, 0.2) is 0 Å². The predicted molar refractivity (Wildman–Crippen MR) is 123 cm³/mol. The summed E-state index contributed by atoms with van der Waals surface area (Å²) in [6.07, 6.45) is 16.7. The van der Waals surface area contributed by atoms with E-state index in [0.717, 1.165) is 25.7 Å². The van der Waals surface area contributed by atoms with E-state index in [4.69, 9.17) is 0 Å². The van der Waals surface area contributed by atoms with Gasteiger partial charge < -0.3 is 10.1 Å². The van der Waals surface area contributed by atoms with E-state index in [2.05, 4.69) is 30.8 Å². The normalized spacial score (nSPS) is 12.0. The van der Waals surface area contributed by atoms with Gasteiger partial charge in [-0.25, -0.2) is 0 Å². The minimum absolute atomic E-state index is 0.164. The summed E-state index contributed by atoms with van der Waals surface area (Å²) in [6, 6.07) is -0.164. The number of methoxy groups -OCH3 is 1. The number of ketones is 1. The summed E-state index contributed by atoms with van der Waals surface area (Å²) in [5, 5.41) is 2.82. The molecule has 0 aliphatic heterocycles. The fourth-order valence-electron chi connectivity index (χ4n) is 3.72. The molecule has 0 saturated heterocycles. The number of hydrogen-bond donors (Lipinski definition) is 1. The van der Waals surface area contributed by atoms with Gasteiger partial charge in [-0.2, -0.15) is 0 Å². The zero-order chi connectivity index (χ0) is 22.6. The van der Waals surface area contributed by atoms with Gasteiger partial charge in [0.15, 0.2) is 0 Å². The van der Waals surface area contributed by atoms with Gasteiger partial charge in [0, 0.05) is 18.9 Å². The third-order valence-electron chi connectivity index (χ3n) is 5.53. The number of Topliss-reactive ketones (excluding diaryl/α,β-unsaturated/α-hetero) is 1. The molecule has 0 rings (SSSR count). The second-order valence-corrected chi connectivity index (χ2v) is 8.98. The summed E-state index contributed by atoms with van der Waals surface area (Å²) in [4.78, 5) is 35.7. The summed E-state index contributed by atoms with van der Waals surface area (Å²) in [7, 11) is 1.36. The van der Waals surface area contributed by atoms with E-state index in [1.807, 2.05) is 0 Å². The molecule has 0 aromatic rings. The standard InChI is InChI=1S/C25H47NO4/c1-5-6-7-8-9-10-11-12-13-14-15-16-17-23(27)25(29)26-22(20-21(2)3)18-19-24(28)30-4/h21-22H,5-20H2,1-4H3,(H,26,29). The lowest BCUT2D eigenvalue weighted by molar-refractivity contribution is -0.141. The van der Waals surface area contributed by atoms with Gasteiger partial charge in [-0.3, -0.25) is 14.4 Å². The van der Waals surface area contributed by atoms with Crippen LogP contribution in [0.1, 0.15) is 124 Å². The Morgan fingerprint density at radius 3 is 1.73 bits per heavy atom. The van der Waals surface area contributed by atoms with E-state index >= 15 is 0 Å². The van der Waals surface area contributed by atoms with Crippen molar-refractivity contribution in [2.45, 2.75) is 130 Å². The van der Waals surface area contributed by atoms with Gasteiger partial charge in [-0.05, 0) is 25.2 Å². The van der Waals surface area contributed by atoms with Crippen LogP contribution in [0.4, 0.5) is 0 Å². The van der Waals surface area contributed by atoms with Crippen LogP contribution < -0.4 is 5.32 Å². The van der Waals surface area contributed by atoms with Gasteiger partial charge in [0.2, 0.25) is 5.78 Å². The second-order valence-electron chi connectivity index (χ2n) is 8.98. The fourth-order valence-corrected chi connectivity index (χ4v) is 3.72. The van der Waals surface area contributed by atoms with Gasteiger partial charge in [-0.15, -0.1) is 0 Å². The van der Waals surface area contributed by atoms with Crippen molar-refractivity contribution in [3.05, 3.63) is 0 Å². The minimum Gasteiger partial charge on any atom is -0.469 e. The summed E-state index contributed by atoms with van der Waals surface area (Å²) >= 11 is 0. The van der Waals surface area contributed by atoms with Crippen molar-refractivity contribution in [3.8, 4) is 0 Å².